The van der Waals surface area contributed by atoms with Crippen molar-refractivity contribution < 1.29 is 9.53 Å². The van der Waals surface area contributed by atoms with Crippen LogP contribution in [-0.4, -0.2) is 12.2 Å². The van der Waals surface area contributed by atoms with E-state index in [1.165, 1.54) is 5.56 Å². The van der Waals surface area contributed by atoms with Crippen LogP contribution in [0, 0.1) is 13.8 Å². The molecule has 0 fully saturated rings. The van der Waals surface area contributed by atoms with Crippen molar-refractivity contribution in [2.75, 3.05) is 5.32 Å². The van der Waals surface area contributed by atoms with Gasteiger partial charge in [0.05, 0.1) is 10.7 Å². The van der Waals surface area contributed by atoms with Crippen molar-refractivity contribution in [1.82, 2.24) is 5.43 Å². The Kier molecular flexibility index (Phi) is 7.03. The van der Waals surface area contributed by atoms with Gasteiger partial charge in [-0.1, -0.05) is 48.0 Å². The van der Waals surface area contributed by atoms with E-state index in [1.54, 1.807) is 6.21 Å². The molecule has 0 atom stereocenters. The molecule has 0 unspecified atom stereocenters. The maximum atomic E-state index is 12.0. The number of hydrogen-bond acceptors (Lipinski definition) is 3. The van der Waals surface area contributed by atoms with Gasteiger partial charge in [0.25, 0.3) is 0 Å². The summed E-state index contributed by atoms with van der Waals surface area (Å²) < 4.78 is 6.70. The minimum absolute atomic E-state index is 0.396. The summed E-state index contributed by atoms with van der Waals surface area (Å²) in [5.74, 6) is 0.744. The first kappa shape index (κ1) is 20.6. The number of nitrogens with zero attached hydrogens (tertiary/aromatic N) is 1. The average Bonchev–Trinajstić information content (AvgIpc) is 2.69. The van der Waals surface area contributed by atoms with Crippen LogP contribution >= 0.6 is 15.9 Å². The van der Waals surface area contributed by atoms with E-state index in [2.05, 4.69) is 50.8 Å². The van der Waals surface area contributed by atoms with Gasteiger partial charge in [-0.25, -0.2) is 10.2 Å². The quantitative estimate of drug-likeness (QED) is 0.367. The van der Waals surface area contributed by atoms with Gasteiger partial charge in [0, 0.05) is 5.69 Å². The predicted molar refractivity (Wildman–Crippen MR) is 121 cm³/mol. The summed E-state index contributed by atoms with van der Waals surface area (Å²) in [4.78, 5) is 12.0. The second kappa shape index (κ2) is 9.89. The first-order valence-electron chi connectivity index (χ1n) is 9.15. The van der Waals surface area contributed by atoms with Crippen LogP contribution in [-0.2, 0) is 6.61 Å². The zero-order valence-corrected chi connectivity index (χ0v) is 17.9. The molecule has 0 aliphatic heterocycles. The monoisotopic (exact) mass is 451 g/mol. The maximum Gasteiger partial charge on any atom is 0.339 e. The molecule has 29 heavy (non-hydrogen) atoms. The van der Waals surface area contributed by atoms with Gasteiger partial charge in [-0.15, -0.1) is 0 Å². The largest absolute Gasteiger partial charge is 0.488 e. The molecule has 0 aliphatic rings. The van der Waals surface area contributed by atoms with Crippen LogP contribution < -0.4 is 15.5 Å². The van der Waals surface area contributed by atoms with Crippen molar-refractivity contribution in [3.8, 4) is 5.75 Å². The number of anilines is 1. The number of benzene rings is 3. The summed E-state index contributed by atoms with van der Waals surface area (Å²) in [6.45, 7) is 4.48. The van der Waals surface area contributed by atoms with Crippen molar-refractivity contribution in [2.24, 2.45) is 5.10 Å². The van der Waals surface area contributed by atoms with Crippen LogP contribution in [0.25, 0.3) is 0 Å². The van der Waals surface area contributed by atoms with Crippen molar-refractivity contribution in [3.63, 3.8) is 0 Å². The fourth-order valence-corrected chi connectivity index (χ4v) is 3.22. The number of carbonyl (C=O) groups is 1. The number of urea groups is 1. The molecule has 0 spiro atoms. The number of halogens is 1. The highest BCUT2D eigenvalue weighted by Crippen LogP contribution is 2.26. The third-order valence-corrected chi connectivity index (χ3v) is 4.83. The second-order valence-electron chi connectivity index (χ2n) is 6.61. The number of ether oxygens (including phenoxy) is 1. The maximum absolute atomic E-state index is 12.0. The first-order valence-corrected chi connectivity index (χ1v) is 9.94. The molecule has 0 aromatic heterocycles. The molecule has 3 aromatic rings. The number of hydrazone groups is 1. The molecular weight excluding hydrogens is 430 g/mol. The summed E-state index contributed by atoms with van der Waals surface area (Å²) >= 11 is 3.52. The molecule has 0 saturated heterocycles. The van der Waals surface area contributed by atoms with Gasteiger partial charge >= 0.3 is 6.03 Å². The average molecular weight is 452 g/mol. The molecule has 0 heterocycles. The molecule has 0 aliphatic carbocycles. The predicted octanol–water partition coefficient (Wildman–Crippen LogP) is 5.80. The summed E-state index contributed by atoms with van der Waals surface area (Å²) in [6, 6.07) is 21.0. The third kappa shape index (κ3) is 6.19. The fourth-order valence-electron chi connectivity index (χ4n) is 2.71. The second-order valence-corrected chi connectivity index (χ2v) is 7.46. The number of rotatable bonds is 6. The van der Waals surface area contributed by atoms with Crippen LogP contribution in [0.5, 0.6) is 5.75 Å². The van der Waals surface area contributed by atoms with Gasteiger partial charge in [0.2, 0.25) is 0 Å². The Morgan fingerprint density at radius 2 is 1.90 bits per heavy atom. The number of aryl methyl sites for hydroxylation is 2. The molecule has 5 nitrogen and oxygen atoms in total. The highest BCUT2D eigenvalue weighted by Gasteiger charge is 2.04. The smallest absolute Gasteiger partial charge is 0.339 e. The molecule has 2 amide bonds. The van der Waals surface area contributed by atoms with E-state index < -0.39 is 6.03 Å². The summed E-state index contributed by atoms with van der Waals surface area (Å²) in [5.41, 5.74) is 7.35. The van der Waals surface area contributed by atoms with E-state index in [-0.39, 0.29) is 0 Å². The molecule has 3 rings (SSSR count). The van der Waals surface area contributed by atoms with Gasteiger partial charge in [-0.2, -0.15) is 5.10 Å². The number of carbonyl (C=O) groups excluding carboxylic acids is 1. The molecule has 0 radical (unpaired) electrons. The number of amides is 2. The highest BCUT2D eigenvalue weighted by molar-refractivity contribution is 9.10. The Balaban J connectivity index is 1.54. The first-order chi connectivity index (χ1) is 14.0. The molecule has 6 heteroatoms. The van der Waals surface area contributed by atoms with E-state index in [0.29, 0.717) is 6.61 Å². The van der Waals surface area contributed by atoms with Crippen molar-refractivity contribution in [2.45, 2.75) is 20.5 Å². The van der Waals surface area contributed by atoms with Crippen LogP contribution in [0.15, 0.2) is 76.3 Å². The summed E-state index contributed by atoms with van der Waals surface area (Å²) in [5, 5.41) is 6.75. The van der Waals surface area contributed by atoms with Crippen LogP contribution in [0.4, 0.5) is 10.5 Å². The lowest BCUT2D eigenvalue weighted by molar-refractivity contribution is 0.252. The number of hydrogen-bond donors (Lipinski definition) is 2. The van der Waals surface area contributed by atoms with Gasteiger partial charge in [-0.05, 0) is 70.7 Å². The van der Waals surface area contributed by atoms with Gasteiger partial charge in [0.15, 0.2) is 0 Å². The summed E-state index contributed by atoms with van der Waals surface area (Å²) in [6.07, 6.45) is 1.58. The Bertz CT molecular complexity index is 1030. The molecule has 148 valence electrons. The molecule has 0 bridgehead atoms. The Hall–Kier alpha value is -3.12. The fraction of sp³-hybridized carbons (Fsp3) is 0.130. The molecule has 2 N–H and O–H groups in total. The lowest BCUT2D eigenvalue weighted by Gasteiger charge is -2.09. The Morgan fingerprint density at radius 3 is 2.66 bits per heavy atom. The minimum atomic E-state index is -0.396. The number of nitrogens with one attached hydrogen (secondary N) is 2. The topological polar surface area (TPSA) is 62.7 Å². The summed E-state index contributed by atoms with van der Waals surface area (Å²) in [7, 11) is 0. The lowest BCUT2D eigenvalue weighted by Crippen LogP contribution is -2.24. The van der Waals surface area contributed by atoms with E-state index in [9.17, 15) is 4.79 Å². The minimum Gasteiger partial charge on any atom is -0.488 e. The SMILES string of the molecule is Cc1cccc(COc2ccc(C=NNC(=O)Nc3ccccc3C)cc2Br)c1. The van der Waals surface area contributed by atoms with Gasteiger partial charge in [0.1, 0.15) is 12.4 Å². The van der Waals surface area contributed by atoms with Gasteiger partial charge in [-0.3, -0.25) is 0 Å². The number of para-hydroxylation sites is 1. The van der Waals surface area contributed by atoms with Crippen LogP contribution in [0.1, 0.15) is 22.3 Å². The normalized spacial score (nSPS) is 10.7. The van der Waals surface area contributed by atoms with Gasteiger partial charge < -0.3 is 10.1 Å². The highest BCUT2D eigenvalue weighted by atomic mass is 79.9. The molecule has 0 saturated carbocycles. The van der Waals surface area contributed by atoms with E-state index in [1.807, 2.05) is 61.5 Å². The van der Waals surface area contributed by atoms with Crippen molar-refractivity contribution in [1.29, 1.82) is 0 Å². The lowest BCUT2D eigenvalue weighted by atomic mass is 10.1. The standard InChI is InChI=1S/C23H22BrN3O2/c1-16-6-5-8-19(12-16)15-29-22-11-10-18(13-20(22)24)14-25-27-23(28)26-21-9-4-3-7-17(21)2/h3-14H,15H2,1-2H3,(H2,26,27,28). The van der Waals surface area contributed by atoms with E-state index in [4.69, 9.17) is 4.74 Å². The van der Waals surface area contributed by atoms with Crippen molar-refractivity contribution >= 4 is 33.9 Å². The third-order valence-electron chi connectivity index (χ3n) is 4.21. The Morgan fingerprint density at radius 1 is 1.07 bits per heavy atom. The zero-order chi connectivity index (χ0) is 20.6. The Labute approximate surface area is 178 Å². The van der Waals surface area contributed by atoms with E-state index >= 15 is 0 Å². The molecule has 3 aromatic carbocycles. The van der Waals surface area contributed by atoms with Crippen LogP contribution in [0.3, 0.4) is 0 Å². The van der Waals surface area contributed by atoms with Crippen molar-refractivity contribution in [3.05, 3.63) is 93.5 Å². The molecular formula is C23H22BrN3O2. The van der Waals surface area contributed by atoms with E-state index in [0.717, 1.165) is 32.6 Å². The zero-order valence-electron chi connectivity index (χ0n) is 16.3. The van der Waals surface area contributed by atoms with Crippen LogP contribution in [0.2, 0.25) is 0 Å².